The Hall–Kier alpha value is -0.870. The van der Waals surface area contributed by atoms with E-state index in [4.69, 9.17) is 4.74 Å². The minimum atomic E-state index is 0.0355. The van der Waals surface area contributed by atoms with Gasteiger partial charge in [-0.15, -0.1) is 11.3 Å². The predicted octanol–water partition coefficient (Wildman–Crippen LogP) is 2.53. The molecule has 0 unspecified atom stereocenters. The van der Waals surface area contributed by atoms with Gasteiger partial charge in [0, 0.05) is 18.0 Å². The Kier molecular flexibility index (Phi) is 4.18. The van der Waals surface area contributed by atoms with Crippen molar-refractivity contribution in [1.29, 1.82) is 0 Å². The lowest BCUT2D eigenvalue weighted by atomic mass is 10.2. The van der Waals surface area contributed by atoms with Gasteiger partial charge in [-0.05, 0) is 37.8 Å². The van der Waals surface area contributed by atoms with Gasteiger partial charge in [-0.2, -0.15) is 0 Å². The molecule has 0 saturated carbocycles. The van der Waals surface area contributed by atoms with Crippen LogP contribution in [0.15, 0.2) is 6.07 Å². The summed E-state index contributed by atoms with van der Waals surface area (Å²) in [6.07, 6.45) is 3.38. The van der Waals surface area contributed by atoms with Gasteiger partial charge in [-0.3, -0.25) is 4.79 Å². The zero-order valence-corrected chi connectivity index (χ0v) is 11.2. The summed E-state index contributed by atoms with van der Waals surface area (Å²) in [4.78, 5) is 14.0. The number of hydrogen-bond donors (Lipinski definition) is 1. The van der Waals surface area contributed by atoms with Crippen molar-refractivity contribution in [2.24, 2.45) is 0 Å². The van der Waals surface area contributed by atoms with Crippen molar-refractivity contribution in [1.82, 2.24) is 5.32 Å². The first-order valence-corrected chi connectivity index (χ1v) is 7.01. The maximum atomic E-state index is 11.9. The van der Waals surface area contributed by atoms with Gasteiger partial charge >= 0.3 is 0 Å². The summed E-state index contributed by atoms with van der Waals surface area (Å²) in [6, 6.07) is 1.98. The van der Waals surface area contributed by atoms with Crippen molar-refractivity contribution in [3.63, 3.8) is 0 Å². The SMILES string of the molecule is CCc1sc(C(=O)NC[C@H]2CCCO2)cc1C. The van der Waals surface area contributed by atoms with Crippen molar-refractivity contribution in [2.45, 2.75) is 39.2 Å². The van der Waals surface area contributed by atoms with Crippen LogP contribution in [-0.4, -0.2) is 25.2 Å². The minimum Gasteiger partial charge on any atom is -0.376 e. The topological polar surface area (TPSA) is 38.3 Å². The molecule has 0 bridgehead atoms. The van der Waals surface area contributed by atoms with Crippen molar-refractivity contribution in [2.75, 3.05) is 13.2 Å². The summed E-state index contributed by atoms with van der Waals surface area (Å²) in [5, 5.41) is 2.95. The number of nitrogens with one attached hydrogen (secondary N) is 1. The van der Waals surface area contributed by atoms with E-state index in [0.29, 0.717) is 6.54 Å². The van der Waals surface area contributed by atoms with Crippen LogP contribution in [0, 0.1) is 6.92 Å². The van der Waals surface area contributed by atoms with Gasteiger partial charge < -0.3 is 10.1 Å². The Morgan fingerprint density at radius 3 is 3.06 bits per heavy atom. The van der Waals surface area contributed by atoms with E-state index in [1.165, 1.54) is 10.4 Å². The number of amides is 1. The van der Waals surface area contributed by atoms with Crippen LogP contribution >= 0.6 is 11.3 Å². The highest BCUT2D eigenvalue weighted by Gasteiger charge is 2.17. The summed E-state index contributed by atoms with van der Waals surface area (Å²) in [5.74, 6) is 0.0355. The van der Waals surface area contributed by atoms with E-state index in [9.17, 15) is 4.79 Å². The fourth-order valence-corrected chi connectivity index (χ4v) is 3.11. The summed E-state index contributed by atoms with van der Waals surface area (Å²) in [5.41, 5.74) is 1.22. The number of hydrogen-bond acceptors (Lipinski definition) is 3. The highest BCUT2D eigenvalue weighted by Crippen LogP contribution is 2.22. The number of carbonyl (C=O) groups is 1. The van der Waals surface area contributed by atoms with Crippen LogP contribution in [-0.2, 0) is 11.2 Å². The van der Waals surface area contributed by atoms with Crippen LogP contribution in [0.2, 0.25) is 0 Å². The summed E-state index contributed by atoms with van der Waals surface area (Å²) < 4.78 is 5.48. The molecule has 1 N–H and O–H groups in total. The monoisotopic (exact) mass is 253 g/mol. The molecule has 1 aliphatic heterocycles. The summed E-state index contributed by atoms with van der Waals surface area (Å²) >= 11 is 1.60. The molecule has 17 heavy (non-hydrogen) atoms. The Balaban J connectivity index is 1.89. The molecule has 2 heterocycles. The Labute approximate surface area is 106 Å². The number of rotatable bonds is 4. The molecule has 1 aromatic heterocycles. The fourth-order valence-electron chi connectivity index (χ4n) is 2.08. The third-order valence-corrected chi connectivity index (χ3v) is 4.46. The van der Waals surface area contributed by atoms with E-state index >= 15 is 0 Å². The number of ether oxygens (including phenoxy) is 1. The Bertz CT molecular complexity index is 394. The number of thiophene rings is 1. The second-order valence-corrected chi connectivity index (χ2v) is 5.55. The molecule has 1 aromatic rings. The predicted molar refractivity (Wildman–Crippen MR) is 69.7 cm³/mol. The maximum Gasteiger partial charge on any atom is 0.261 e. The largest absolute Gasteiger partial charge is 0.376 e. The normalized spacial score (nSPS) is 19.5. The molecule has 0 spiro atoms. The smallest absolute Gasteiger partial charge is 0.261 e. The fraction of sp³-hybridized carbons (Fsp3) is 0.615. The van der Waals surface area contributed by atoms with E-state index in [1.54, 1.807) is 11.3 Å². The first-order valence-electron chi connectivity index (χ1n) is 6.19. The molecular formula is C13H19NO2S. The summed E-state index contributed by atoms with van der Waals surface area (Å²) in [6.45, 7) is 5.65. The quantitative estimate of drug-likeness (QED) is 0.895. The molecule has 1 fully saturated rings. The van der Waals surface area contributed by atoms with Crippen LogP contribution in [0.3, 0.4) is 0 Å². The first-order chi connectivity index (χ1) is 8.20. The lowest BCUT2D eigenvalue weighted by molar-refractivity contribution is 0.0861. The van der Waals surface area contributed by atoms with Crippen molar-refractivity contribution in [3.8, 4) is 0 Å². The van der Waals surface area contributed by atoms with Gasteiger partial charge in [-0.25, -0.2) is 0 Å². The van der Waals surface area contributed by atoms with Gasteiger partial charge in [0.05, 0.1) is 11.0 Å². The first kappa shape index (κ1) is 12.6. The molecule has 3 nitrogen and oxygen atoms in total. The Morgan fingerprint density at radius 1 is 1.65 bits per heavy atom. The van der Waals surface area contributed by atoms with Crippen LogP contribution in [0.25, 0.3) is 0 Å². The van der Waals surface area contributed by atoms with Crippen LogP contribution < -0.4 is 5.32 Å². The van der Waals surface area contributed by atoms with E-state index in [-0.39, 0.29) is 12.0 Å². The van der Waals surface area contributed by atoms with Crippen molar-refractivity contribution >= 4 is 17.2 Å². The van der Waals surface area contributed by atoms with E-state index in [2.05, 4.69) is 19.2 Å². The van der Waals surface area contributed by atoms with Gasteiger partial charge in [0.15, 0.2) is 0 Å². The van der Waals surface area contributed by atoms with Crippen LogP contribution in [0.4, 0.5) is 0 Å². The lowest BCUT2D eigenvalue weighted by Gasteiger charge is -2.09. The lowest BCUT2D eigenvalue weighted by Crippen LogP contribution is -2.31. The molecule has 4 heteroatoms. The molecule has 1 atom stereocenters. The van der Waals surface area contributed by atoms with Crippen molar-refractivity contribution in [3.05, 3.63) is 21.4 Å². The molecule has 94 valence electrons. The van der Waals surface area contributed by atoms with Gasteiger partial charge in [0.1, 0.15) is 0 Å². The van der Waals surface area contributed by atoms with Gasteiger partial charge in [0.2, 0.25) is 0 Å². The Morgan fingerprint density at radius 2 is 2.47 bits per heavy atom. The number of aryl methyl sites for hydroxylation is 2. The second-order valence-electron chi connectivity index (χ2n) is 4.42. The maximum absolute atomic E-state index is 11.9. The minimum absolute atomic E-state index is 0.0355. The standard InChI is InChI=1S/C13H19NO2S/c1-3-11-9(2)7-12(17-11)13(15)14-8-10-5-4-6-16-10/h7,10H,3-6,8H2,1-2H3,(H,14,15)/t10-/m1/s1. The molecule has 0 radical (unpaired) electrons. The zero-order valence-electron chi connectivity index (χ0n) is 10.4. The molecule has 0 aliphatic carbocycles. The molecule has 0 aromatic carbocycles. The molecule has 1 saturated heterocycles. The van der Waals surface area contributed by atoms with E-state index in [0.717, 1.165) is 30.7 Å². The third-order valence-electron chi connectivity index (χ3n) is 3.08. The molecule has 1 amide bonds. The van der Waals surface area contributed by atoms with Gasteiger partial charge in [-0.1, -0.05) is 6.92 Å². The molecule has 2 rings (SSSR count). The van der Waals surface area contributed by atoms with E-state index in [1.807, 2.05) is 6.07 Å². The summed E-state index contributed by atoms with van der Waals surface area (Å²) in [7, 11) is 0. The average Bonchev–Trinajstić information content (AvgIpc) is 2.94. The van der Waals surface area contributed by atoms with Crippen LogP contribution in [0.5, 0.6) is 0 Å². The zero-order chi connectivity index (χ0) is 12.3. The second kappa shape index (κ2) is 5.65. The number of carbonyl (C=O) groups excluding carboxylic acids is 1. The average molecular weight is 253 g/mol. The van der Waals surface area contributed by atoms with Crippen molar-refractivity contribution < 1.29 is 9.53 Å². The van der Waals surface area contributed by atoms with Gasteiger partial charge in [0.25, 0.3) is 5.91 Å². The molecule has 1 aliphatic rings. The highest BCUT2D eigenvalue weighted by molar-refractivity contribution is 7.14. The third kappa shape index (κ3) is 3.07. The van der Waals surface area contributed by atoms with Crippen LogP contribution in [0.1, 0.15) is 39.9 Å². The molecular weight excluding hydrogens is 234 g/mol. The van der Waals surface area contributed by atoms with E-state index < -0.39 is 0 Å². The highest BCUT2D eigenvalue weighted by atomic mass is 32.1.